The van der Waals surface area contributed by atoms with Crippen LogP contribution in [0.15, 0.2) is 51.4 Å². The second-order valence-electron chi connectivity index (χ2n) is 5.17. The number of benzene rings is 2. The lowest BCUT2D eigenvalue weighted by Crippen LogP contribution is -2.18. The van der Waals surface area contributed by atoms with E-state index in [-0.39, 0.29) is 11.7 Å². The monoisotopic (exact) mass is 392 g/mol. The van der Waals surface area contributed by atoms with Crippen LogP contribution in [0.3, 0.4) is 0 Å². The van der Waals surface area contributed by atoms with Crippen LogP contribution in [-0.4, -0.2) is 5.78 Å². The van der Waals surface area contributed by atoms with Gasteiger partial charge in [0, 0.05) is 20.4 Å². The maximum absolute atomic E-state index is 12.8. The molecule has 1 atom stereocenters. The summed E-state index contributed by atoms with van der Waals surface area (Å²) in [7, 11) is 0. The highest BCUT2D eigenvalue weighted by Gasteiger charge is 2.27. The zero-order valence-electron chi connectivity index (χ0n) is 10.9. The molecule has 0 heterocycles. The molecule has 1 aliphatic carbocycles. The second-order valence-corrected chi connectivity index (χ2v) is 7.00. The highest BCUT2D eigenvalue weighted by atomic mass is 79.9. The van der Waals surface area contributed by atoms with Gasteiger partial charge in [-0.25, -0.2) is 0 Å². The first-order valence-corrected chi connectivity index (χ1v) is 8.32. The standard InChI is InChI=1S/C17H14Br2O/c18-13-8-12(9-14(19)10-13)17(20)16-7-3-5-11-4-1-2-6-15(11)16/h1-2,4,6,8-10,16H,3,5,7H2. The van der Waals surface area contributed by atoms with Gasteiger partial charge in [0.1, 0.15) is 0 Å². The highest BCUT2D eigenvalue weighted by molar-refractivity contribution is 9.11. The maximum atomic E-state index is 12.8. The van der Waals surface area contributed by atoms with Crippen molar-refractivity contribution in [1.29, 1.82) is 0 Å². The number of Topliss-reactive ketones (excluding diaryl/α,β-unsaturated/α-hetero) is 1. The number of rotatable bonds is 2. The molecule has 102 valence electrons. The van der Waals surface area contributed by atoms with E-state index in [4.69, 9.17) is 0 Å². The molecule has 0 N–H and O–H groups in total. The minimum absolute atomic E-state index is 0.00106. The predicted molar refractivity (Wildman–Crippen MR) is 88.3 cm³/mol. The van der Waals surface area contributed by atoms with Crippen LogP contribution in [0.1, 0.15) is 40.2 Å². The molecule has 0 radical (unpaired) electrons. The fourth-order valence-corrected chi connectivity index (χ4v) is 4.22. The summed E-state index contributed by atoms with van der Waals surface area (Å²) in [6.45, 7) is 0. The summed E-state index contributed by atoms with van der Waals surface area (Å²) in [5.41, 5.74) is 3.30. The summed E-state index contributed by atoms with van der Waals surface area (Å²) in [4.78, 5) is 12.8. The van der Waals surface area contributed by atoms with Gasteiger partial charge >= 0.3 is 0 Å². The fraction of sp³-hybridized carbons (Fsp3) is 0.235. The van der Waals surface area contributed by atoms with E-state index >= 15 is 0 Å². The average molecular weight is 394 g/mol. The van der Waals surface area contributed by atoms with Crippen LogP contribution in [0.4, 0.5) is 0 Å². The van der Waals surface area contributed by atoms with Crippen molar-refractivity contribution in [1.82, 2.24) is 0 Å². The highest BCUT2D eigenvalue weighted by Crippen LogP contribution is 2.35. The molecule has 3 rings (SSSR count). The first-order chi connectivity index (χ1) is 9.65. The number of carbonyl (C=O) groups excluding carboxylic acids is 1. The van der Waals surface area contributed by atoms with Crippen LogP contribution in [0.2, 0.25) is 0 Å². The molecular formula is C17H14Br2O. The van der Waals surface area contributed by atoms with E-state index < -0.39 is 0 Å². The minimum Gasteiger partial charge on any atom is -0.293 e. The van der Waals surface area contributed by atoms with E-state index in [2.05, 4.69) is 50.1 Å². The van der Waals surface area contributed by atoms with Gasteiger partial charge in [0.15, 0.2) is 5.78 Å². The van der Waals surface area contributed by atoms with E-state index in [1.165, 1.54) is 11.1 Å². The average Bonchev–Trinajstić information content (AvgIpc) is 2.45. The number of carbonyl (C=O) groups is 1. The van der Waals surface area contributed by atoms with E-state index in [1.807, 2.05) is 24.3 Å². The van der Waals surface area contributed by atoms with E-state index in [0.717, 1.165) is 33.8 Å². The van der Waals surface area contributed by atoms with Crippen molar-refractivity contribution >= 4 is 37.6 Å². The number of hydrogen-bond acceptors (Lipinski definition) is 1. The van der Waals surface area contributed by atoms with E-state index in [9.17, 15) is 4.79 Å². The molecule has 0 aromatic heterocycles. The second kappa shape index (κ2) is 5.82. The maximum Gasteiger partial charge on any atom is 0.170 e. The minimum atomic E-state index is 0.00106. The first kappa shape index (κ1) is 14.0. The van der Waals surface area contributed by atoms with Gasteiger partial charge in [-0.3, -0.25) is 4.79 Å². The number of aryl methyl sites for hydroxylation is 1. The number of fused-ring (bicyclic) bond motifs is 1. The third-order valence-corrected chi connectivity index (χ3v) is 4.75. The molecule has 0 spiro atoms. The van der Waals surface area contributed by atoms with Crippen LogP contribution < -0.4 is 0 Å². The summed E-state index contributed by atoms with van der Waals surface area (Å²) in [6.07, 6.45) is 3.12. The molecule has 0 bridgehead atoms. The third kappa shape index (κ3) is 2.75. The van der Waals surface area contributed by atoms with Gasteiger partial charge in [-0.2, -0.15) is 0 Å². The van der Waals surface area contributed by atoms with Crippen molar-refractivity contribution in [2.45, 2.75) is 25.2 Å². The molecule has 1 aliphatic rings. The van der Waals surface area contributed by atoms with Gasteiger partial charge in [0.05, 0.1) is 0 Å². The molecule has 2 aromatic carbocycles. The zero-order valence-corrected chi connectivity index (χ0v) is 14.1. The first-order valence-electron chi connectivity index (χ1n) is 6.73. The molecule has 1 unspecified atom stereocenters. The Morgan fingerprint density at radius 2 is 1.75 bits per heavy atom. The van der Waals surface area contributed by atoms with Crippen molar-refractivity contribution in [3.8, 4) is 0 Å². The Hall–Kier alpha value is -0.930. The van der Waals surface area contributed by atoms with Crippen molar-refractivity contribution < 1.29 is 4.79 Å². The summed E-state index contributed by atoms with van der Waals surface area (Å²) in [6, 6.07) is 14.1. The van der Waals surface area contributed by atoms with Gasteiger partial charge in [-0.05, 0) is 48.6 Å². The van der Waals surface area contributed by atoms with E-state index in [1.54, 1.807) is 0 Å². The quantitative estimate of drug-likeness (QED) is 0.614. The van der Waals surface area contributed by atoms with Gasteiger partial charge in [0.2, 0.25) is 0 Å². The van der Waals surface area contributed by atoms with Crippen molar-refractivity contribution in [3.05, 3.63) is 68.1 Å². The van der Waals surface area contributed by atoms with Gasteiger partial charge in [0.25, 0.3) is 0 Å². The Kier molecular flexibility index (Phi) is 4.08. The normalized spacial score (nSPS) is 17.6. The molecule has 0 amide bonds. The van der Waals surface area contributed by atoms with Crippen LogP contribution in [0, 0.1) is 0 Å². The largest absolute Gasteiger partial charge is 0.293 e. The number of hydrogen-bond donors (Lipinski definition) is 0. The lowest BCUT2D eigenvalue weighted by molar-refractivity contribution is 0.0951. The van der Waals surface area contributed by atoms with Crippen molar-refractivity contribution in [2.24, 2.45) is 0 Å². The Morgan fingerprint density at radius 1 is 1.05 bits per heavy atom. The topological polar surface area (TPSA) is 17.1 Å². The Balaban J connectivity index is 1.99. The van der Waals surface area contributed by atoms with Crippen molar-refractivity contribution in [2.75, 3.05) is 0 Å². The fourth-order valence-electron chi connectivity index (χ4n) is 2.92. The van der Waals surface area contributed by atoms with Crippen LogP contribution >= 0.6 is 31.9 Å². The molecular weight excluding hydrogens is 380 g/mol. The molecule has 2 aromatic rings. The Morgan fingerprint density at radius 3 is 2.50 bits per heavy atom. The Bertz CT molecular complexity index is 644. The molecule has 20 heavy (non-hydrogen) atoms. The van der Waals surface area contributed by atoms with Crippen LogP contribution in [0.25, 0.3) is 0 Å². The number of ketones is 1. The summed E-state index contributed by atoms with van der Waals surface area (Å²) >= 11 is 6.91. The van der Waals surface area contributed by atoms with Crippen LogP contribution in [0.5, 0.6) is 0 Å². The van der Waals surface area contributed by atoms with Gasteiger partial charge in [-0.15, -0.1) is 0 Å². The zero-order chi connectivity index (χ0) is 14.1. The molecule has 0 saturated carbocycles. The molecule has 0 aliphatic heterocycles. The van der Waals surface area contributed by atoms with E-state index in [0.29, 0.717) is 0 Å². The summed E-state index contributed by atoms with van der Waals surface area (Å²) < 4.78 is 1.86. The van der Waals surface area contributed by atoms with Gasteiger partial charge in [-0.1, -0.05) is 56.1 Å². The SMILES string of the molecule is O=C(c1cc(Br)cc(Br)c1)C1CCCc2ccccc21. The molecule has 0 fully saturated rings. The summed E-state index contributed by atoms with van der Waals surface area (Å²) in [5.74, 6) is 0.223. The predicted octanol–water partition coefficient (Wildman–Crippen LogP) is 5.51. The lowest BCUT2D eigenvalue weighted by atomic mass is 9.79. The van der Waals surface area contributed by atoms with Crippen LogP contribution in [-0.2, 0) is 6.42 Å². The van der Waals surface area contributed by atoms with Gasteiger partial charge < -0.3 is 0 Å². The smallest absolute Gasteiger partial charge is 0.170 e. The lowest BCUT2D eigenvalue weighted by Gasteiger charge is -2.24. The molecule has 0 saturated heterocycles. The third-order valence-electron chi connectivity index (χ3n) is 3.83. The van der Waals surface area contributed by atoms with Crippen molar-refractivity contribution in [3.63, 3.8) is 0 Å². The molecule has 1 nitrogen and oxygen atoms in total. The molecule has 3 heteroatoms. The Labute approximate surface area is 135 Å². The number of halogens is 2. The summed E-state index contributed by atoms with van der Waals surface area (Å²) in [5, 5.41) is 0.